The smallest absolute Gasteiger partial charge is 0.243 e. The van der Waals surface area contributed by atoms with Gasteiger partial charge in [0.25, 0.3) is 0 Å². The van der Waals surface area contributed by atoms with Crippen LogP contribution in [0.4, 0.5) is 0 Å². The highest BCUT2D eigenvalue weighted by molar-refractivity contribution is 5.86. The molecule has 2 aliphatic rings. The van der Waals surface area contributed by atoms with Crippen LogP contribution in [0.15, 0.2) is 24.3 Å². The first-order valence-electron chi connectivity index (χ1n) is 7.53. The molecule has 0 aromatic heterocycles. The second-order valence-electron chi connectivity index (χ2n) is 5.96. The van der Waals surface area contributed by atoms with Gasteiger partial charge in [-0.3, -0.25) is 4.79 Å². The number of nitrogens with zero attached hydrogens (tertiary/aromatic N) is 2. The first kappa shape index (κ1) is 13.2. The van der Waals surface area contributed by atoms with E-state index >= 15 is 0 Å². The van der Waals surface area contributed by atoms with Crippen molar-refractivity contribution in [1.82, 2.24) is 4.90 Å². The molecule has 3 heteroatoms. The summed E-state index contributed by atoms with van der Waals surface area (Å²) in [4.78, 5) is 14.7. The van der Waals surface area contributed by atoms with Gasteiger partial charge < -0.3 is 4.90 Å². The van der Waals surface area contributed by atoms with Crippen LogP contribution in [0.1, 0.15) is 36.8 Å². The lowest BCUT2D eigenvalue weighted by atomic mass is 9.86. The van der Waals surface area contributed by atoms with Crippen molar-refractivity contribution in [2.24, 2.45) is 5.41 Å². The van der Waals surface area contributed by atoms with E-state index in [1.54, 1.807) is 0 Å². The highest BCUT2D eigenvalue weighted by Crippen LogP contribution is 2.39. The Hall–Kier alpha value is -1.82. The van der Waals surface area contributed by atoms with Crippen LogP contribution in [0.5, 0.6) is 0 Å². The van der Waals surface area contributed by atoms with Crippen LogP contribution in [0.2, 0.25) is 0 Å². The molecule has 1 aromatic carbocycles. The van der Waals surface area contributed by atoms with Crippen LogP contribution in [0.3, 0.4) is 0 Å². The van der Waals surface area contributed by atoms with E-state index in [4.69, 9.17) is 0 Å². The monoisotopic (exact) mass is 268 g/mol. The largest absolute Gasteiger partial charge is 0.341 e. The predicted molar refractivity (Wildman–Crippen MR) is 76.9 cm³/mol. The first-order valence-corrected chi connectivity index (χ1v) is 7.53. The van der Waals surface area contributed by atoms with E-state index in [0.29, 0.717) is 0 Å². The van der Waals surface area contributed by atoms with Gasteiger partial charge in [0.05, 0.1) is 6.07 Å². The van der Waals surface area contributed by atoms with Crippen LogP contribution in [0, 0.1) is 16.7 Å². The Bertz CT molecular complexity index is 525. The van der Waals surface area contributed by atoms with Crippen molar-refractivity contribution in [3.8, 4) is 6.07 Å². The zero-order chi connectivity index (χ0) is 14.0. The van der Waals surface area contributed by atoms with Gasteiger partial charge in [-0.25, -0.2) is 0 Å². The minimum absolute atomic E-state index is 0.0744. The Kier molecular flexibility index (Phi) is 3.48. The summed E-state index contributed by atoms with van der Waals surface area (Å²) in [6.07, 6.45) is 5.31. The Morgan fingerprint density at radius 3 is 2.15 bits per heavy atom. The maximum atomic E-state index is 12.8. The average molecular weight is 268 g/mol. The van der Waals surface area contributed by atoms with Crippen molar-refractivity contribution < 1.29 is 4.79 Å². The van der Waals surface area contributed by atoms with Gasteiger partial charge in [0.2, 0.25) is 5.91 Å². The van der Waals surface area contributed by atoms with Gasteiger partial charge in [-0.2, -0.15) is 5.26 Å². The molecule has 0 N–H and O–H groups in total. The zero-order valence-electron chi connectivity index (χ0n) is 11.8. The van der Waals surface area contributed by atoms with Gasteiger partial charge in [-0.1, -0.05) is 37.1 Å². The number of fused-ring (bicyclic) bond motifs is 1. The second kappa shape index (κ2) is 5.28. The molecule has 0 radical (unpaired) electrons. The molecular weight excluding hydrogens is 248 g/mol. The fourth-order valence-corrected chi connectivity index (χ4v) is 3.53. The van der Waals surface area contributed by atoms with E-state index in [-0.39, 0.29) is 5.91 Å². The van der Waals surface area contributed by atoms with Crippen molar-refractivity contribution in [2.75, 3.05) is 13.1 Å². The molecule has 1 aliphatic carbocycles. The molecule has 0 saturated heterocycles. The normalized spacial score (nSPS) is 20.9. The van der Waals surface area contributed by atoms with Crippen molar-refractivity contribution in [1.29, 1.82) is 5.26 Å². The summed E-state index contributed by atoms with van der Waals surface area (Å²) in [5.74, 6) is 0.0744. The van der Waals surface area contributed by atoms with Crippen molar-refractivity contribution in [3.05, 3.63) is 35.4 Å². The minimum Gasteiger partial charge on any atom is -0.341 e. The summed E-state index contributed by atoms with van der Waals surface area (Å²) in [6, 6.07) is 10.7. The summed E-state index contributed by atoms with van der Waals surface area (Å²) in [7, 11) is 0. The SMILES string of the molecule is N#CC1(C(=O)N2CCc3ccccc3CC2)CCCC1. The molecule has 1 heterocycles. The molecular formula is C17H20N2O. The molecule has 0 atom stereocenters. The van der Waals surface area contributed by atoms with Crippen LogP contribution >= 0.6 is 0 Å². The van der Waals surface area contributed by atoms with Crippen LogP contribution in [0.25, 0.3) is 0 Å². The molecule has 1 amide bonds. The molecule has 0 unspecified atom stereocenters. The average Bonchev–Trinajstić information content (AvgIpc) is 2.88. The van der Waals surface area contributed by atoms with E-state index in [0.717, 1.165) is 51.6 Å². The molecule has 104 valence electrons. The lowest BCUT2D eigenvalue weighted by molar-refractivity contribution is -0.138. The van der Waals surface area contributed by atoms with Gasteiger partial charge in [-0.15, -0.1) is 0 Å². The lowest BCUT2D eigenvalue weighted by Crippen LogP contribution is -2.43. The van der Waals surface area contributed by atoms with Gasteiger partial charge in [0.15, 0.2) is 0 Å². The molecule has 0 bridgehead atoms. The number of carbonyl (C=O) groups is 1. The topological polar surface area (TPSA) is 44.1 Å². The maximum Gasteiger partial charge on any atom is 0.243 e. The lowest BCUT2D eigenvalue weighted by Gasteiger charge is -2.28. The Labute approximate surface area is 120 Å². The second-order valence-corrected chi connectivity index (χ2v) is 5.96. The highest BCUT2D eigenvalue weighted by atomic mass is 16.2. The Morgan fingerprint density at radius 2 is 1.65 bits per heavy atom. The first-order chi connectivity index (χ1) is 9.75. The summed E-state index contributed by atoms with van der Waals surface area (Å²) in [6.45, 7) is 1.50. The number of hydrogen-bond donors (Lipinski definition) is 0. The fourth-order valence-electron chi connectivity index (χ4n) is 3.53. The van der Waals surface area contributed by atoms with Crippen LogP contribution in [-0.4, -0.2) is 23.9 Å². The van der Waals surface area contributed by atoms with Crippen molar-refractivity contribution >= 4 is 5.91 Å². The summed E-state index contributed by atoms with van der Waals surface area (Å²) >= 11 is 0. The number of amides is 1. The number of hydrogen-bond acceptors (Lipinski definition) is 2. The zero-order valence-corrected chi connectivity index (χ0v) is 11.8. The van der Waals surface area contributed by atoms with Crippen molar-refractivity contribution in [3.63, 3.8) is 0 Å². The molecule has 3 rings (SSSR count). The number of rotatable bonds is 1. The van der Waals surface area contributed by atoms with Crippen LogP contribution in [-0.2, 0) is 17.6 Å². The standard InChI is InChI=1S/C17H20N2O/c18-13-17(9-3-4-10-17)16(20)19-11-7-14-5-1-2-6-15(14)8-12-19/h1-2,5-6H,3-4,7-12H2. The molecule has 1 saturated carbocycles. The number of carbonyl (C=O) groups excluding carboxylic acids is 1. The third-order valence-electron chi connectivity index (χ3n) is 4.79. The molecule has 20 heavy (non-hydrogen) atoms. The third kappa shape index (κ3) is 2.20. The quantitative estimate of drug-likeness (QED) is 0.786. The van der Waals surface area contributed by atoms with E-state index < -0.39 is 5.41 Å². The molecule has 0 spiro atoms. The van der Waals surface area contributed by atoms with E-state index in [9.17, 15) is 10.1 Å². The molecule has 1 aliphatic heterocycles. The molecule has 1 aromatic rings. The van der Waals surface area contributed by atoms with E-state index in [1.165, 1.54) is 11.1 Å². The Morgan fingerprint density at radius 1 is 1.10 bits per heavy atom. The van der Waals surface area contributed by atoms with Gasteiger partial charge >= 0.3 is 0 Å². The van der Waals surface area contributed by atoms with E-state index in [2.05, 4.69) is 30.3 Å². The minimum atomic E-state index is -0.726. The summed E-state index contributed by atoms with van der Waals surface area (Å²) < 4.78 is 0. The maximum absolute atomic E-state index is 12.8. The van der Waals surface area contributed by atoms with Crippen LogP contribution < -0.4 is 0 Å². The highest BCUT2D eigenvalue weighted by Gasteiger charge is 2.44. The molecule has 3 nitrogen and oxygen atoms in total. The van der Waals surface area contributed by atoms with Crippen molar-refractivity contribution in [2.45, 2.75) is 38.5 Å². The van der Waals surface area contributed by atoms with Gasteiger partial charge in [-0.05, 0) is 36.8 Å². The fraction of sp³-hybridized carbons (Fsp3) is 0.529. The number of nitriles is 1. The molecule has 1 fully saturated rings. The predicted octanol–water partition coefficient (Wildman–Crippen LogP) is 2.70. The summed E-state index contributed by atoms with van der Waals surface area (Å²) in [5, 5.41) is 9.46. The van der Waals surface area contributed by atoms with Gasteiger partial charge in [0.1, 0.15) is 5.41 Å². The van der Waals surface area contributed by atoms with Gasteiger partial charge in [0, 0.05) is 13.1 Å². The van der Waals surface area contributed by atoms with E-state index in [1.807, 2.05) is 4.90 Å². The Balaban J connectivity index is 1.77. The third-order valence-corrected chi connectivity index (χ3v) is 4.79. The number of benzene rings is 1. The summed E-state index contributed by atoms with van der Waals surface area (Å²) in [5.41, 5.74) is 1.97.